The first kappa shape index (κ1) is 11.0. The van der Waals surface area contributed by atoms with Crippen LogP contribution in [0.5, 0.6) is 5.75 Å². The number of hydrogen-bond donors (Lipinski definition) is 1. The fraction of sp³-hybridized carbons (Fsp3) is 0.429. The van der Waals surface area contributed by atoms with E-state index in [4.69, 9.17) is 11.2 Å². The van der Waals surface area contributed by atoms with Crippen molar-refractivity contribution in [3.63, 3.8) is 0 Å². The summed E-state index contributed by atoms with van der Waals surface area (Å²) in [4.78, 5) is 0. The molecule has 0 amide bonds. The van der Waals surface area contributed by atoms with Gasteiger partial charge in [-0.15, -0.1) is 12.3 Å². The van der Waals surface area contributed by atoms with Crippen molar-refractivity contribution in [1.82, 2.24) is 5.32 Å². The number of terminal acetylenes is 1. The Hall–Kier alpha value is -1.46. The first-order chi connectivity index (χ1) is 7.86. The fourth-order valence-electron chi connectivity index (χ4n) is 2.36. The number of hydrogen-bond acceptors (Lipinski definition) is 2. The van der Waals surface area contributed by atoms with Crippen LogP contribution in [0.25, 0.3) is 0 Å². The van der Waals surface area contributed by atoms with Gasteiger partial charge in [0.2, 0.25) is 0 Å². The van der Waals surface area contributed by atoms with Gasteiger partial charge in [-0.1, -0.05) is 18.2 Å². The summed E-state index contributed by atoms with van der Waals surface area (Å²) in [7, 11) is 1.97. The van der Waals surface area contributed by atoms with Crippen LogP contribution in [0.15, 0.2) is 24.3 Å². The zero-order valence-corrected chi connectivity index (χ0v) is 9.57. The molecule has 0 saturated heterocycles. The summed E-state index contributed by atoms with van der Waals surface area (Å²) < 4.78 is 5.65. The van der Waals surface area contributed by atoms with E-state index in [2.05, 4.69) is 23.4 Å². The summed E-state index contributed by atoms with van der Waals surface area (Å²) in [5.74, 6) is 4.22. The van der Waals surface area contributed by atoms with Crippen molar-refractivity contribution in [2.45, 2.75) is 24.8 Å². The molecule has 0 fully saturated rings. The Balaban J connectivity index is 2.27. The van der Waals surface area contributed by atoms with Gasteiger partial charge in [-0.05, 0) is 25.1 Å². The first-order valence-electron chi connectivity index (χ1n) is 5.69. The van der Waals surface area contributed by atoms with E-state index in [1.165, 1.54) is 5.56 Å². The Labute approximate surface area is 97.0 Å². The maximum absolute atomic E-state index is 5.65. The molecule has 0 saturated carbocycles. The molecule has 16 heavy (non-hydrogen) atoms. The van der Waals surface area contributed by atoms with E-state index in [1.807, 2.05) is 19.2 Å². The highest BCUT2D eigenvalue weighted by Gasteiger charge is 2.27. The van der Waals surface area contributed by atoms with E-state index in [1.54, 1.807) is 0 Å². The zero-order chi connectivity index (χ0) is 11.4. The Kier molecular flexibility index (Phi) is 3.48. The van der Waals surface area contributed by atoms with Gasteiger partial charge in [0.1, 0.15) is 5.75 Å². The molecule has 0 aromatic heterocycles. The quantitative estimate of drug-likeness (QED) is 0.780. The molecule has 1 heterocycles. The Bertz CT molecular complexity index is 394. The summed E-state index contributed by atoms with van der Waals surface area (Å²) in [5, 5.41) is 3.32. The predicted octanol–water partition coefficient (Wildman–Crippen LogP) is 2.16. The average Bonchev–Trinajstić information content (AvgIpc) is 2.35. The SMILES string of the molecule is C#CCC(NC)C1CCOc2ccccc21. The van der Waals surface area contributed by atoms with Gasteiger partial charge >= 0.3 is 0 Å². The van der Waals surface area contributed by atoms with E-state index >= 15 is 0 Å². The Morgan fingerprint density at radius 2 is 2.38 bits per heavy atom. The minimum Gasteiger partial charge on any atom is -0.493 e. The topological polar surface area (TPSA) is 21.3 Å². The standard InChI is InChI=1S/C14H17NO/c1-3-6-13(15-2)11-9-10-16-14-8-5-4-7-12(11)14/h1,4-5,7-8,11,13,15H,6,9-10H2,2H3. The van der Waals surface area contributed by atoms with Gasteiger partial charge < -0.3 is 10.1 Å². The van der Waals surface area contributed by atoms with E-state index in [0.717, 1.165) is 25.2 Å². The lowest BCUT2D eigenvalue weighted by Crippen LogP contribution is -2.34. The highest BCUT2D eigenvalue weighted by Crippen LogP contribution is 2.36. The van der Waals surface area contributed by atoms with Crippen molar-refractivity contribution in [2.24, 2.45) is 0 Å². The van der Waals surface area contributed by atoms with Crippen LogP contribution in [0.3, 0.4) is 0 Å². The lowest BCUT2D eigenvalue weighted by atomic mass is 9.85. The molecule has 1 aliphatic heterocycles. The average molecular weight is 215 g/mol. The normalized spacial score (nSPS) is 20.4. The molecule has 0 aliphatic carbocycles. The Morgan fingerprint density at radius 3 is 3.12 bits per heavy atom. The van der Waals surface area contributed by atoms with E-state index < -0.39 is 0 Å². The second-order valence-corrected chi connectivity index (χ2v) is 4.08. The number of fused-ring (bicyclic) bond motifs is 1. The summed E-state index contributed by atoms with van der Waals surface area (Å²) >= 11 is 0. The molecular weight excluding hydrogens is 198 g/mol. The number of para-hydroxylation sites is 1. The first-order valence-corrected chi connectivity index (χ1v) is 5.69. The van der Waals surface area contributed by atoms with E-state index in [-0.39, 0.29) is 0 Å². The minimum atomic E-state index is 0.343. The van der Waals surface area contributed by atoms with Gasteiger partial charge in [0.05, 0.1) is 6.61 Å². The third-order valence-corrected chi connectivity index (χ3v) is 3.20. The lowest BCUT2D eigenvalue weighted by Gasteiger charge is -2.31. The third kappa shape index (κ3) is 2.05. The van der Waals surface area contributed by atoms with Crippen LogP contribution in [0.4, 0.5) is 0 Å². The molecule has 0 radical (unpaired) electrons. The number of ether oxygens (including phenoxy) is 1. The molecular formula is C14H17NO. The molecule has 2 rings (SSSR count). The monoisotopic (exact) mass is 215 g/mol. The molecule has 1 aromatic rings. The molecule has 2 nitrogen and oxygen atoms in total. The van der Waals surface area contributed by atoms with Gasteiger partial charge in [0.25, 0.3) is 0 Å². The predicted molar refractivity (Wildman–Crippen MR) is 65.6 cm³/mol. The number of benzene rings is 1. The molecule has 2 unspecified atom stereocenters. The largest absolute Gasteiger partial charge is 0.493 e. The molecule has 2 heteroatoms. The van der Waals surface area contributed by atoms with Gasteiger partial charge in [-0.25, -0.2) is 0 Å². The highest BCUT2D eigenvalue weighted by atomic mass is 16.5. The molecule has 2 atom stereocenters. The van der Waals surface area contributed by atoms with E-state index in [9.17, 15) is 0 Å². The smallest absolute Gasteiger partial charge is 0.122 e. The van der Waals surface area contributed by atoms with Gasteiger partial charge in [-0.2, -0.15) is 0 Å². The molecule has 1 aliphatic rings. The summed E-state index contributed by atoms with van der Waals surface area (Å²) in [6.45, 7) is 0.782. The van der Waals surface area contributed by atoms with Gasteiger partial charge in [0, 0.05) is 18.4 Å². The number of nitrogens with one attached hydrogen (secondary N) is 1. The van der Waals surface area contributed by atoms with Crippen LogP contribution >= 0.6 is 0 Å². The maximum Gasteiger partial charge on any atom is 0.122 e. The molecule has 84 valence electrons. The second kappa shape index (κ2) is 5.05. The lowest BCUT2D eigenvalue weighted by molar-refractivity contribution is 0.248. The number of likely N-dealkylation sites (N-methyl/N-ethyl adjacent to an activating group) is 1. The summed E-state index contributed by atoms with van der Waals surface area (Å²) in [6, 6.07) is 8.58. The van der Waals surface area contributed by atoms with Crippen molar-refractivity contribution in [3.8, 4) is 18.1 Å². The van der Waals surface area contributed by atoms with Gasteiger partial charge in [0.15, 0.2) is 0 Å². The van der Waals surface area contributed by atoms with Crippen molar-refractivity contribution in [2.75, 3.05) is 13.7 Å². The maximum atomic E-state index is 5.65. The fourth-order valence-corrected chi connectivity index (χ4v) is 2.36. The Morgan fingerprint density at radius 1 is 1.56 bits per heavy atom. The van der Waals surface area contributed by atoms with Crippen molar-refractivity contribution < 1.29 is 4.74 Å². The number of rotatable bonds is 3. The van der Waals surface area contributed by atoms with Crippen molar-refractivity contribution in [1.29, 1.82) is 0 Å². The highest BCUT2D eigenvalue weighted by molar-refractivity contribution is 5.38. The summed E-state index contributed by atoms with van der Waals surface area (Å²) in [5.41, 5.74) is 1.28. The third-order valence-electron chi connectivity index (χ3n) is 3.20. The molecule has 1 N–H and O–H groups in total. The minimum absolute atomic E-state index is 0.343. The second-order valence-electron chi connectivity index (χ2n) is 4.08. The summed E-state index contributed by atoms with van der Waals surface area (Å²) in [6.07, 6.45) is 7.20. The molecule has 0 spiro atoms. The van der Waals surface area contributed by atoms with Crippen LogP contribution in [0, 0.1) is 12.3 Å². The molecule has 0 bridgehead atoms. The van der Waals surface area contributed by atoms with Crippen molar-refractivity contribution in [3.05, 3.63) is 29.8 Å². The van der Waals surface area contributed by atoms with Crippen LogP contribution < -0.4 is 10.1 Å². The van der Waals surface area contributed by atoms with Crippen LogP contribution in [-0.2, 0) is 0 Å². The van der Waals surface area contributed by atoms with Crippen LogP contribution in [0.1, 0.15) is 24.3 Å². The van der Waals surface area contributed by atoms with Crippen molar-refractivity contribution >= 4 is 0 Å². The van der Waals surface area contributed by atoms with Gasteiger partial charge in [-0.3, -0.25) is 0 Å². The zero-order valence-electron chi connectivity index (χ0n) is 9.57. The van der Waals surface area contributed by atoms with Crippen LogP contribution in [0.2, 0.25) is 0 Å². The molecule has 1 aromatic carbocycles. The van der Waals surface area contributed by atoms with E-state index in [0.29, 0.717) is 12.0 Å². The van der Waals surface area contributed by atoms with Crippen LogP contribution in [-0.4, -0.2) is 19.7 Å².